The average molecular weight is 224 g/mol. The number of nitrogens with zero attached hydrogens (tertiary/aromatic N) is 2. The molecule has 84 valence electrons. The van der Waals surface area contributed by atoms with E-state index in [1.165, 1.54) is 0 Å². The Labute approximate surface area is 100 Å². The van der Waals surface area contributed by atoms with Crippen molar-refractivity contribution in [2.45, 2.75) is 6.92 Å². The SMILES string of the molecule is COc1cc(C#N)cc(-c2ccc(C)nc2)c1. The molecule has 3 nitrogen and oxygen atoms in total. The van der Waals surface area contributed by atoms with Crippen molar-refractivity contribution in [3.05, 3.63) is 47.8 Å². The van der Waals surface area contributed by atoms with E-state index in [9.17, 15) is 0 Å². The number of rotatable bonds is 2. The molecule has 0 saturated heterocycles. The Balaban J connectivity index is 2.51. The standard InChI is InChI=1S/C14H12N2O/c1-10-3-4-12(9-16-10)13-5-11(8-15)6-14(7-13)17-2/h3-7,9H,1-2H3. The van der Waals surface area contributed by atoms with Gasteiger partial charge in [-0.1, -0.05) is 6.07 Å². The van der Waals surface area contributed by atoms with Crippen LogP contribution in [0.2, 0.25) is 0 Å². The second-order valence-corrected chi connectivity index (χ2v) is 3.75. The van der Waals surface area contributed by atoms with Crippen LogP contribution in [0.3, 0.4) is 0 Å². The molecule has 0 unspecified atom stereocenters. The normalized spacial score (nSPS) is 9.71. The van der Waals surface area contributed by atoms with E-state index in [1.54, 1.807) is 19.4 Å². The van der Waals surface area contributed by atoms with Crippen molar-refractivity contribution < 1.29 is 4.74 Å². The molecule has 0 saturated carbocycles. The first kappa shape index (κ1) is 11.2. The Bertz CT molecular complexity index is 568. The lowest BCUT2D eigenvalue weighted by molar-refractivity contribution is 0.415. The van der Waals surface area contributed by atoms with Crippen LogP contribution >= 0.6 is 0 Å². The van der Waals surface area contributed by atoms with Gasteiger partial charge in [-0.25, -0.2) is 0 Å². The third kappa shape index (κ3) is 2.43. The van der Waals surface area contributed by atoms with Crippen LogP contribution in [0, 0.1) is 18.3 Å². The van der Waals surface area contributed by atoms with E-state index in [0.29, 0.717) is 11.3 Å². The second-order valence-electron chi connectivity index (χ2n) is 3.75. The molecule has 1 heterocycles. The minimum atomic E-state index is 0.583. The van der Waals surface area contributed by atoms with Crippen LogP contribution in [0.1, 0.15) is 11.3 Å². The summed E-state index contributed by atoms with van der Waals surface area (Å²) in [6.07, 6.45) is 1.80. The maximum atomic E-state index is 8.95. The monoisotopic (exact) mass is 224 g/mol. The molecule has 0 fully saturated rings. The van der Waals surface area contributed by atoms with Crippen LogP contribution < -0.4 is 4.74 Å². The number of methoxy groups -OCH3 is 1. The van der Waals surface area contributed by atoms with E-state index < -0.39 is 0 Å². The molecular weight excluding hydrogens is 212 g/mol. The Morgan fingerprint density at radius 3 is 2.59 bits per heavy atom. The van der Waals surface area contributed by atoms with Crippen molar-refractivity contribution in [1.82, 2.24) is 4.98 Å². The predicted molar refractivity (Wildman–Crippen MR) is 65.7 cm³/mol. The van der Waals surface area contributed by atoms with Crippen molar-refractivity contribution in [1.29, 1.82) is 5.26 Å². The van der Waals surface area contributed by atoms with Gasteiger partial charge in [0.1, 0.15) is 5.75 Å². The number of nitriles is 1. The third-order valence-corrected chi connectivity index (χ3v) is 2.52. The first-order valence-electron chi connectivity index (χ1n) is 5.25. The Morgan fingerprint density at radius 1 is 1.18 bits per heavy atom. The minimum Gasteiger partial charge on any atom is -0.497 e. The van der Waals surface area contributed by atoms with Crippen molar-refractivity contribution in [3.63, 3.8) is 0 Å². The number of ether oxygens (including phenoxy) is 1. The van der Waals surface area contributed by atoms with Gasteiger partial charge < -0.3 is 4.74 Å². The van der Waals surface area contributed by atoms with E-state index in [2.05, 4.69) is 11.1 Å². The molecule has 0 N–H and O–H groups in total. The number of hydrogen-bond donors (Lipinski definition) is 0. The van der Waals surface area contributed by atoms with Crippen molar-refractivity contribution >= 4 is 0 Å². The van der Waals surface area contributed by atoms with Gasteiger partial charge in [0, 0.05) is 17.5 Å². The zero-order valence-electron chi connectivity index (χ0n) is 9.77. The lowest BCUT2D eigenvalue weighted by atomic mass is 10.0. The summed E-state index contributed by atoms with van der Waals surface area (Å²) in [7, 11) is 1.59. The lowest BCUT2D eigenvalue weighted by Crippen LogP contribution is -1.88. The first-order valence-corrected chi connectivity index (χ1v) is 5.25. The van der Waals surface area contributed by atoms with E-state index in [-0.39, 0.29) is 0 Å². The van der Waals surface area contributed by atoms with Crippen molar-refractivity contribution in [2.75, 3.05) is 7.11 Å². The molecule has 0 bridgehead atoms. The first-order chi connectivity index (χ1) is 8.22. The maximum Gasteiger partial charge on any atom is 0.120 e. The number of benzene rings is 1. The third-order valence-electron chi connectivity index (χ3n) is 2.52. The summed E-state index contributed by atoms with van der Waals surface area (Å²) in [6.45, 7) is 1.94. The molecule has 3 heteroatoms. The van der Waals surface area contributed by atoms with Gasteiger partial charge >= 0.3 is 0 Å². The van der Waals surface area contributed by atoms with Crippen molar-refractivity contribution in [2.24, 2.45) is 0 Å². The summed E-state index contributed by atoms with van der Waals surface area (Å²) in [5, 5.41) is 8.95. The quantitative estimate of drug-likeness (QED) is 0.787. The summed E-state index contributed by atoms with van der Waals surface area (Å²) in [5.74, 6) is 0.680. The van der Waals surface area contributed by atoms with Crippen LogP contribution in [0.15, 0.2) is 36.5 Å². The van der Waals surface area contributed by atoms with E-state index >= 15 is 0 Å². The van der Waals surface area contributed by atoms with Gasteiger partial charge in [-0.15, -0.1) is 0 Å². The Morgan fingerprint density at radius 2 is 2.00 bits per heavy atom. The van der Waals surface area contributed by atoms with Gasteiger partial charge in [0.05, 0.1) is 18.7 Å². The van der Waals surface area contributed by atoms with Crippen LogP contribution in [0.5, 0.6) is 5.75 Å². The fourth-order valence-corrected chi connectivity index (χ4v) is 1.59. The maximum absolute atomic E-state index is 8.95. The molecule has 17 heavy (non-hydrogen) atoms. The molecule has 2 aromatic rings. The zero-order chi connectivity index (χ0) is 12.3. The van der Waals surface area contributed by atoms with Gasteiger partial charge in [-0.05, 0) is 36.8 Å². The fourth-order valence-electron chi connectivity index (χ4n) is 1.59. The van der Waals surface area contributed by atoms with Gasteiger partial charge in [0.25, 0.3) is 0 Å². The summed E-state index contributed by atoms with van der Waals surface area (Å²) >= 11 is 0. The Kier molecular flexibility index (Phi) is 3.06. The number of aryl methyl sites for hydroxylation is 1. The van der Waals surface area contributed by atoms with Gasteiger partial charge in [0.15, 0.2) is 0 Å². The van der Waals surface area contributed by atoms with Crippen molar-refractivity contribution in [3.8, 4) is 22.9 Å². The highest BCUT2D eigenvalue weighted by Crippen LogP contribution is 2.25. The number of aromatic nitrogens is 1. The average Bonchev–Trinajstić information content (AvgIpc) is 2.39. The highest BCUT2D eigenvalue weighted by Gasteiger charge is 2.03. The summed E-state index contributed by atoms with van der Waals surface area (Å²) < 4.78 is 5.17. The van der Waals surface area contributed by atoms with Gasteiger partial charge in [-0.3, -0.25) is 4.98 Å². The smallest absolute Gasteiger partial charge is 0.120 e. The van der Waals surface area contributed by atoms with E-state index in [1.807, 2.05) is 31.2 Å². The Hall–Kier alpha value is -2.34. The number of pyridine rings is 1. The van der Waals surface area contributed by atoms with Crippen LogP contribution in [-0.4, -0.2) is 12.1 Å². The van der Waals surface area contributed by atoms with Crippen LogP contribution in [0.4, 0.5) is 0 Å². The molecule has 0 aliphatic heterocycles. The topological polar surface area (TPSA) is 45.9 Å². The molecule has 0 radical (unpaired) electrons. The molecule has 0 aliphatic rings. The van der Waals surface area contributed by atoms with E-state index in [4.69, 9.17) is 10.00 Å². The second kappa shape index (κ2) is 4.67. The largest absolute Gasteiger partial charge is 0.497 e. The molecule has 0 spiro atoms. The highest BCUT2D eigenvalue weighted by atomic mass is 16.5. The predicted octanol–water partition coefficient (Wildman–Crippen LogP) is 2.94. The molecule has 0 amide bonds. The van der Waals surface area contributed by atoms with Crippen LogP contribution in [0.25, 0.3) is 11.1 Å². The van der Waals surface area contributed by atoms with Gasteiger partial charge in [0.2, 0.25) is 0 Å². The number of hydrogen-bond acceptors (Lipinski definition) is 3. The molecule has 2 rings (SSSR count). The molecule has 0 aliphatic carbocycles. The van der Waals surface area contributed by atoms with E-state index in [0.717, 1.165) is 16.8 Å². The summed E-state index contributed by atoms with van der Waals surface area (Å²) in [5.41, 5.74) is 3.47. The zero-order valence-corrected chi connectivity index (χ0v) is 9.77. The summed E-state index contributed by atoms with van der Waals surface area (Å²) in [4.78, 5) is 4.24. The molecule has 1 aromatic heterocycles. The lowest BCUT2D eigenvalue weighted by Gasteiger charge is -2.06. The van der Waals surface area contributed by atoms with Gasteiger partial charge in [-0.2, -0.15) is 5.26 Å². The minimum absolute atomic E-state index is 0.583. The molecule has 1 aromatic carbocycles. The fraction of sp³-hybridized carbons (Fsp3) is 0.143. The molecular formula is C14H12N2O. The summed E-state index contributed by atoms with van der Waals surface area (Å²) in [6, 6.07) is 11.5. The van der Waals surface area contributed by atoms with Crippen LogP contribution in [-0.2, 0) is 0 Å². The molecule has 0 atom stereocenters. The highest BCUT2D eigenvalue weighted by molar-refractivity contribution is 5.66.